The summed E-state index contributed by atoms with van der Waals surface area (Å²) in [6, 6.07) is 14.6. The highest BCUT2D eigenvalue weighted by atomic mass is 16.6. The lowest BCUT2D eigenvalue weighted by atomic mass is 9.98. The van der Waals surface area contributed by atoms with Crippen LogP contribution in [-0.2, 0) is 19.1 Å². The Morgan fingerprint density at radius 3 is 2.07 bits per heavy atom. The van der Waals surface area contributed by atoms with Crippen LogP contribution in [0.3, 0.4) is 0 Å². The van der Waals surface area contributed by atoms with E-state index in [-0.39, 0.29) is 12.5 Å². The van der Waals surface area contributed by atoms with Crippen molar-refractivity contribution in [1.29, 1.82) is 0 Å². The minimum Gasteiger partial charge on any atom is -0.481 e. The number of methoxy groups -OCH3 is 1. The van der Waals surface area contributed by atoms with Crippen LogP contribution in [-0.4, -0.2) is 54.8 Å². The summed E-state index contributed by atoms with van der Waals surface area (Å²) < 4.78 is 10.0. The fraction of sp³-hybridized carbons (Fsp3) is 0.286. The molecule has 0 aliphatic heterocycles. The lowest BCUT2D eigenvalue weighted by molar-refractivity contribution is -0.151. The molecule has 0 spiro atoms. The Morgan fingerprint density at radius 1 is 1.04 bits per heavy atom. The van der Waals surface area contributed by atoms with Gasteiger partial charge in [0.1, 0.15) is 12.6 Å². The Bertz CT molecular complexity index is 864. The minimum absolute atomic E-state index is 0.0815. The smallest absolute Gasteiger partial charge is 0.410 e. The molecule has 0 fully saturated rings. The first-order chi connectivity index (χ1) is 13.4. The Hall–Kier alpha value is -3.35. The highest BCUT2D eigenvalue weighted by molar-refractivity contribution is 5.85. The first-order valence-corrected chi connectivity index (χ1v) is 8.81. The number of ether oxygens (including phenoxy) is 2. The van der Waals surface area contributed by atoms with Crippen LogP contribution in [0.1, 0.15) is 23.5 Å². The summed E-state index contributed by atoms with van der Waals surface area (Å²) in [5.74, 6) is -2.15. The zero-order valence-electron chi connectivity index (χ0n) is 15.6. The van der Waals surface area contributed by atoms with Crippen molar-refractivity contribution in [2.45, 2.75) is 18.4 Å². The monoisotopic (exact) mass is 383 g/mol. The molecule has 0 saturated heterocycles. The van der Waals surface area contributed by atoms with Gasteiger partial charge in [0.15, 0.2) is 0 Å². The summed E-state index contributed by atoms with van der Waals surface area (Å²) in [5.41, 5.74) is 4.33. The maximum atomic E-state index is 12.5. The van der Waals surface area contributed by atoms with Gasteiger partial charge in [0, 0.05) is 13.0 Å². The van der Waals surface area contributed by atoms with Crippen molar-refractivity contribution in [3.8, 4) is 11.1 Å². The van der Waals surface area contributed by atoms with Crippen molar-refractivity contribution in [3.05, 3.63) is 59.7 Å². The number of likely N-dealkylation sites (N-methyl/N-ethyl adjacent to an activating group) is 1. The number of benzene rings is 2. The van der Waals surface area contributed by atoms with Crippen molar-refractivity contribution in [1.82, 2.24) is 4.90 Å². The Kier molecular flexibility index (Phi) is 5.63. The second kappa shape index (κ2) is 8.12. The third kappa shape index (κ3) is 3.69. The SMILES string of the molecule is COC(=O)[C@H](CC(=O)O)N(C)C(=O)OCC1c2ccccc2-c2ccccc21. The van der Waals surface area contributed by atoms with Crippen LogP contribution < -0.4 is 0 Å². The topological polar surface area (TPSA) is 93.1 Å². The van der Waals surface area contributed by atoms with Gasteiger partial charge < -0.3 is 14.6 Å². The third-order valence-corrected chi connectivity index (χ3v) is 4.93. The number of carboxylic acid groups (broad SMARTS) is 1. The van der Waals surface area contributed by atoms with E-state index in [9.17, 15) is 14.4 Å². The number of carbonyl (C=O) groups is 3. The van der Waals surface area contributed by atoms with Crippen LogP contribution in [0.4, 0.5) is 4.79 Å². The molecule has 7 nitrogen and oxygen atoms in total. The largest absolute Gasteiger partial charge is 0.481 e. The van der Waals surface area contributed by atoms with Gasteiger partial charge in [-0.2, -0.15) is 0 Å². The summed E-state index contributed by atoms with van der Waals surface area (Å²) in [7, 11) is 2.46. The molecular weight excluding hydrogens is 362 g/mol. The van der Waals surface area contributed by atoms with E-state index < -0.39 is 30.5 Å². The molecule has 7 heteroatoms. The number of amides is 1. The first-order valence-electron chi connectivity index (χ1n) is 8.81. The van der Waals surface area contributed by atoms with Crippen molar-refractivity contribution in [2.75, 3.05) is 20.8 Å². The van der Waals surface area contributed by atoms with E-state index in [0.717, 1.165) is 34.3 Å². The fourth-order valence-electron chi connectivity index (χ4n) is 3.50. The number of fused-ring (bicyclic) bond motifs is 3. The quantitative estimate of drug-likeness (QED) is 0.771. The average molecular weight is 383 g/mol. The van der Waals surface area contributed by atoms with E-state index in [2.05, 4.69) is 4.74 Å². The van der Waals surface area contributed by atoms with E-state index >= 15 is 0 Å². The zero-order chi connectivity index (χ0) is 20.3. The van der Waals surface area contributed by atoms with Crippen LogP contribution in [0.2, 0.25) is 0 Å². The van der Waals surface area contributed by atoms with E-state index in [0.29, 0.717) is 0 Å². The van der Waals surface area contributed by atoms with Gasteiger partial charge in [0.2, 0.25) is 0 Å². The van der Waals surface area contributed by atoms with E-state index in [4.69, 9.17) is 9.84 Å². The van der Waals surface area contributed by atoms with Crippen molar-refractivity contribution < 1.29 is 29.0 Å². The van der Waals surface area contributed by atoms with Crippen LogP contribution in [0, 0.1) is 0 Å². The minimum atomic E-state index is -1.25. The number of hydrogen-bond acceptors (Lipinski definition) is 5. The molecule has 1 N–H and O–H groups in total. The van der Waals surface area contributed by atoms with E-state index in [1.54, 1.807) is 0 Å². The lowest BCUT2D eigenvalue weighted by Gasteiger charge is -2.25. The number of rotatable bonds is 6. The average Bonchev–Trinajstić information content (AvgIpc) is 3.03. The molecule has 0 radical (unpaired) electrons. The molecule has 28 heavy (non-hydrogen) atoms. The molecule has 0 aromatic heterocycles. The Morgan fingerprint density at radius 2 is 1.57 bits per heavy atom. The fourth-order valence-corrected chi connectivity index (χ4v) is 3.50. The van der Waals surface area contributed by atoms with Crippen molar-refractivity contribution in [2.24, 2.45) is 0 Å². The Balaban J connectivity index is 1.75. The van der Waals surface area contributed by atoms with Gasteiger partial charge in [-0.25, -0.2) is 9.59 Å². The van der Waals surface area contributed by atoms with Gasteiger partial charge in [0.05, 0.1) is 13.5 Å². The second-order valence-corrected chi connectivity index (χ2v) is 6.55. The van der Waals surface area contributed by atoms with Crippen LogP contribution in [0.5, 0.6) is 0 Å². The maximum Gasteiger partial charge on any atom is 0.410 e. The summed E-state index contributed by atoms with van der Waals surface area (Å²) in [5, 5.41) is 8.99. The molecule has 0 unspecified atom stereocenters. The van der Waals surface area contributed by atoms with Gasteiger partial charge in [-0.05, 0) is 22.3 Å². The summed E-state index contributed by atoms with van der Waals surface area (Å²) >= 11 is 0. The van der Waals surface area contributed by atoms with Gasteiger partial charge >= 0.3 is 18.0 Å². The molecule has 3 rings (SSSR count). The highest BCUT2D eigenvalue weighted by Gasteiger charge is 2.33. The molecule has 1 aliphatic carbocycles. The van der Waals surface area contributed by atoms with Crippen LogP contribution in [0.15, 0.2) is 48.5 Å². The number of esters is 1. The highest BCUT2D eigenvalue weighted by Crippen LogP contribution is 2.44. The number of nitrogens with zero attached hydrogens (tertiary/aromatic N) is 1. The van der Waals surface area contributed by atoms with Crippen LogP contribution >= 0.6 is 0 Å². The molecule has 1 amide bonds. The van der Waals surface area contributed by atoms with E-state index in [1.807, 2.05) is 48.5 Å². The van der Waals surface area contributed by atoms with E-state index in [1.165, 1.54) is 7.05 Å². The molecular formula is C21H21NO6. The predicted octanol–water partition coefficient (Wildman–Crippen LogP) is 2.88. The first kappa shape index (κ1) is 19.4. The standard InChI is InChI=1S/C21H21NO6/c1-22(18(11-19(23)24)20(25)27-2)21(26)28-12-17-15-9-5-3-7-13(15)14-8-4-6-10-16(14)17/h3-10,17-18H,11-12H2,1-2H3,(H,23,24)/t18-/m0/s1. The lowest BCUT2D eigenvalue weighted by Crippen LogP contribution is -2.44. The molecule has 0 saturated carbocycles. The number of hydrogen-bond donors (Lipinski definition) is 1. The normalized spacial score (nSPS) is 13.2. The van der Waals surface area contributed by atoms with Gasteiger partial charge in [-0.15, -0.1) is 0 Å². The van der Waals surface area contributed by atoms with Gasteiger partial charge in [-0.3, -0.25) is 9.69 Å². The maximum absolute atomic E-state index is 12.5. The molecule has 0 bridgehead atoms. The van der Waals surface area contributed by atoms with Crippen molar-refractivity contribution in [3.63, 3.8) is 0 Å². The van der Waals surface area contributed by atoms with Crippen molar-refractivity contribution >= 4 is 18.0 Å². The summed E-state index contributed by atoms with van der Waals surface area (Å²) in [6.45, 7) is 0.0815. The van der Waals surface area contributed by atoms with Gasteiger partial charge in [-0.1, -0.05) is 48.5 Å². The molecule has 1 atom stereocenters. The Labute approximate surface area is 162 Å². The zero-order valence-corrected chi connectivity index (χ0v) is 15.6. The molecule has 146 valence electrons. The number of aliphatic carboxylic acids is 1. The second-order valence-electron chi connectivity index (χ2n) is 6.55. The van der Waals surface area contributed by atoms with Crippen LogP contribution in [0.25, 0.3) is 11.1 Å². The third-order valence-electron chi connectivity index (χ3n) is 4.93. The predicted molar refractivity (Wildman–Crippen MR) is 101 cm³/mol. The molecule has 1 aliphatic rings. The number of carboxylic acids is 1. The number of carbonyl (C=O) groups excluding carboxylic acids is 2. The van der Waals surface area contributed by atoms with Gasteiger partial charge in [0.25, 0.3) is 0 Å². The molecule has 2 aromatic rings. The molecule has 0 heterocycles. The molecule has 2 aromatic carbocycles. The summed E-state index contributed by atoms with van der Waals surface area (Å²) in [4.78, 5) is 36.3. The summed E-state index contributed by atoms with van der Waals surface area (Å²) in [6.07, 6.45) is -1.34.